The third kappa shape index (κ3) is 6.59. The molecule has 1 heterocycles. The maximum absolute atomic E-state index is 11.9. The SMILES string of the molecule is CN=C(NCc1ccc(N2CCCC2=O)cc1)NCC(C)(C)c1ccc(OC)cc1.I. The maximum Gasteiger partial charge on any atom is 0.227 e. The van der Waals surface area contributed by atoms with E-state index >= 15 is 0 Å². The fraction of sp³-hybridized carbons (Fsp3) is 0.417. The van der Waals surface area contributed by atoms with Crippen molar-refractivity contribution in [1.29, 1.82) is 0 Å². The molecule has 1 amide bonds. The van der Waals surface area contributed by atoms with E-state index in [0.717, 1.165) is 42.5 Å². The summed E-state index contributed by atoms with van der Waals surface area (Å²) in [6, 6.07) is 16.3. The predicted octanol–water partition coefficient (Wildman–Crippen LogP) is 4.08. The van der Waals surface area contributed by atoms with Gasteiger partial charge in [0.05, 0.1) is 7.11 Å². The Morgan fingerprint density at radius 1 is 1.10 bits per heavy atom. The Morgan fingerprint density at radius 3 is 2.32 bits per heavy atom. The number of benzene rings is 2. The number of guanidine groups is 1. The monoisotopic (exact) mass is 536 g/mol. The molecule has 0 aromatic heterocycles. The molecule has 0 radical (unpaired) electrons. The van der Waals surface area contributed by atoms with Gasteiger partial charge in [-0.3, -0.25) is 9.79 Å². The molecule has 3 rings (SSSR count). The quantitative estimate of drug-likeness (QED) is 0.318. The molecule has 1 saturated heterocycles. The first-order valence-electron chi connectivity index (χ1n) is 10.4. The van der Waals surface area contributed by atoms with Gasteiger partial charge < -0.3 is 20.3 Å². The van der Waals surface area contributed by atoms with Crippen LogP contribution in [-0.4, -0.2) is 39.1 Å². The van der Waals surface area contributed by atoms with Crippen LogP contribution in [0, 0.1) is 0 Å². The number of nitrogens with zero attached hydrogens (tertiary/aromatic N) is 2. The standard InChI is InChI=1S/C24H32N4O2.HI/c1-24(2,19-9-13-21(30-4)14-10-19)17-27-23(25-3)26-16-18-7-11-20(12-8-18)28-15-5-6-22(28)29;/h7-14H,5-6,15-17H2,1-4H3,(H2,25,26,27);1H. The lowest BCUT2D eigenvalue weighted by atomic mass is 9.84. The Hall–Kier alpha value is -2.29. The van der Waals surface area contributed by atoms with E-state index in [1.165, 1.54) is 5.56 Å². The summed E-state index contributed by atoms with van der Waals surface area (Å²) in [4.78, 5) is 18.1. The molecule has 1 aliphatic rings. The molecule has 0 atom stereocenters. The minimum atomic E-state index is -0.0617. The lowest BCUT2D eigenvalue weighted by molar-refractivity contribution is -0.117. The fourth-order valence-electron chi connectivity index (χ4n) is 3.57. The van der Waals surface area contributed by atoms with E-state index in [1.54, 1.807) is 14.2 Å². The van der Waals surface area contributed by atoms with E-state index in [9.17, 15) is 4.79 Å². The van der Waals surface area contributed by atoms with Crippen molar-refractivity contribution in [2.75, 3.05) is 32.1 Å². The van der Waals surface area contributed by atoms with Gasteiger partial charge in [-0.15, -0.1) is 24.0 Å². The first-order valence-corrected chi connectivity index (χ1v) is 10.4. The first kappa shape index (κ1) is 25.0. The zero-order valence-electron chi connectivity index (χ0n) is 18.8. The van der Waals surface area contributed by atoms with Gasteiger partial charge >= 0.3 is 0 Å². The number of carbonyl (C=O) groups excluding carboxylic acids is 1. The minimum Gasteiger partial charge on any atom is -0.497 e. The largest absolute Gasteiger partial charge is 0.497 e. The molecule has 2 N–H and O–H groups in total. The molecule has 2 aromatic carbocycles. The molecule has 0 spiro atoms. The topological polar surface area (TPSA) is 66.0 Å². The van der Waals surface area contributed by atoms with Crippen LogP contribution in [0.1, 0.15) is 37.8 Å². The summed E-state index contributed by atoms with van der Waals surface area (Å²) in [7, 11) is 3.45. The molecule has 7 heteroatoms. The third-order valence-electron chi connectivity index (χ3n) is 5.57. The predicted molar refractivity (Wildman–Crippen MR) is 138 cm³/mol. The fourth-order valence-corrected chi connectivity index (χ4v) is 3.57. The molecule has 168 valence electrons. The van der Waals surface area contributed by atoms with E-state index in [1.807, 2.05) is 29.2 Å². The van der Waals surface area contributed by atoms with Gasteiger partial charge in [-0.1, -0.05) is 38.1 Å². The highest BCUT2D eigenvalue weighted by Crippen LogP contribution is 2.24. The molecule has 0 bridgehead atoms. The zero-order valence-corrected chi connectivity index (χ0v) is 21.1. The number of nitrogens with one attached hydrogen (secondary N) is 2. The summed E-state index contributed by atoms with van der Waals surface area (Å²) in [6.45, 7) is 6.63. The van der Waals surface area contributed by atoms with Gasteiger partial charge in [-0.25, -0.2) is 0 Å². The number of methoxy groups -OCH3 is 1. The average molecular weight is 536 g/mol. The lowest BCUT2D eigenvalue weighted by Crippen LogP contribution is -2.43. The van der Waals surface area contributed by atoms with Gasteiger partial charge in [-0.05, 0) is 41.8 Å². The molecule has 0 saturated carbocycles. The van der Waals surface area contributed by atoms with E-state index < -0.39 is 0 Å². The number of hydrogen-bond acceptors (Lipinski definition) is 3. The molecule has 0 unspecified atom stereocenters. The second-order valence-electron chi connectivity index (χ2n) is 8.21. The van der Waals surface area contributed by atoms with Crippen molar-refractivity contribution in [3.8, 4) is 5.75 Å². The van der Waals surface area contributed by atoms with Gasteiger partial charge in [0.2, 0.25) is 5.91 Å². The number of aliphatic imine (C=N–C) groups is 1. The second-order valence-corrected chi connectivity index (χ2v) is 8.21. The van der Waals surface area contributed by atoms with E-state index in [2.05, 4.69) is 53.7 Å². The van der Waals surface area contributed by atoms with Crippen LogP contribution in [0.4, 0.5) is 5.69 Å². The van der Waals surface area contributed by atoms with Crippen molar-refractivity contribution in [2.24, 2.45) is 4.99 Å². The van der Waals surface area contributed by atoms with Crippen LogP contribution in [0.25, 0.3) is 0 Å². The Labute approximate surface area is 202 Å². The number of ether oxygens (including phenoxy) is 1. The van der Waals surface area contributed by atoms with Gasteiger partial charge in [-0.2, -0.15) is 0 Å². The van der Waals surface area contributed by atoms with Crippen LogP contribution in [-0.2, 0) is 16.8 Å². The van der Waals surface area contributed by atoms with Crippen LogP contribution in [0.5, 0.6) is 5.75 Å². The highest BCUT2D eigenvalue weighted by molar-refractivity contribution is 14.0. The van der Waals surface area contributed by atoms with Crippen LogP contribution >= 0.6 is 24.0 Å². The van der Waals surface area contributed by atoms with Crippen LogP contribution in [0.15, 0.2) is 53.5 Å². The number of hydrogen-bond donors (Lipinski definition) is 2. The molecule has 0 aliphatic carbocycles. The molecule has 1 fully saturated rings. The van der Waals surface area contributed by atoms with Crippen molar-refractivity contribution in [3.05, 3.63) is 59.7 Å². The van der Waals surface area contributed by atoms with Crippen molar-refractivity contribution in [3.63, 3.8) is 0 Å². The molecular weight excluding hydrogens is 503 g/mol. The van der Waals surface area contributed by atoms with Crippen LogP contribution in [0.3, 0.4) is 0 Å². The van der Waals surface area contributed by atoms with Gasteiger partial charge in [0.25, 0.3) is 0 Å². The summed E-state index contributed by atoms with van der Waals surface area (Å²) in [5.41, 5.74) is 3.29. The van der Waals surface area contributed by atoms with Crippen molar-refractivity contribution >= 4 is 41.5 Å². The van der Waals surface area contributed by atoms with Gasteiger partial charge in [0.1, 0.15) is 5.75 Å². The Morgan fingerprint density at radius 2 is 1.77 bits per heavy atom. The van der Waals surface area contributed by atoms with Gasteiger partial charge in [0, 0.05) is 44.2 Å². The van der Waals surface area contributed by atoms with E-state index in [-0.39, 0.29) is 35.3 Å². The summed E-state index contributed by atoms with van der Waals surface area (Å²) in [6.07, 6.45) is 1.59. The summed E-state index contributed by atoms with van der Waals surface area (Å²) < 4.78 is 5.25. The molecular formula is C24H33IN4O2. The zero-order chi connectivity index (χ0) is 21.6. The highest BCUT2D eigenvalue weighted by Gasteiger charge is 2.22. The lowest BCUT2D eigenvalue weighted by Gasteiger charge is -2.27. The molecule has 1 aliphatic heterocycles. The summed E-state index contributed by atoms with van der Waals surface area (Å²) in [5.74, 6) is 1.83. The number of anilines is 1. The average Bonchev–Trinajstić information content (AvgIpc) is 3.20. The highest BCUT2D eigenvalue weighted by atomic mass is 127. The third-order valence-corrected chi connectivity index (χ3v) is 5.57. The van der Waals surface area contributed by atoms with Crippen molar-refractivity contribution < 1.29 is 9.53 Å². The first-order chi connectivity index (χ1) is 14.4. The second kappa shape index (κ2) is 11.4. The summed E-state index contributed by atoms with van der Waals surface area (Å²) in [5, 5.41) is 6.79. The Balaban J connectivity index is 0.00000341. The summed E-state index contributed by atoms with van der Waals surface area (Å²) >= 11 is 0. The van der Waals surface area contributed by atoms with Crippen molar-refractivity contribution in [1.82, 2.24) is 10.6 Å². The molecule has 31 heavy (non-hydrogen) atoms. The number of carbonyl (C=O) groups is 1. The molecule has 6 nitrogen and oxygen atoms in total. The maximum atomic E-state index is 11.9. The Kier molecular flexibility index (Phi) is 9.15. The van der Waals surface area contributed by atoms with Gasteiger partial charge in [0.15, 0.2) is 5.96 Å². The molecule has 2 aromatic rings. The van der Waals surface area contributed by atoms with Crippen LogP contribution in [0.2, 0.25) is 0 Å². The smallest absolute Gasteiger partial charge is 0.227 e. The number of rotatable bonds is 7. The van der Waals surface area contributed by atoms with E-state index in [4.69, 9.17) is 4.74 Å². The van der Waals surface area contributed by atoms with E-state index in [0.29, 0.717) is 13.0 Å². The van der Waals surface area contributed by atoms with Crippen LogP contribution < -0.4 is 20.3 Å². The Bertz CT molecular complexity index is 879. The number of halogens is 1. The number of amides is 1. The normalized spacial score (nSPS) is 14.3. The van der Waals surface area contributed by atoms with Crippen molar-refractivity contribution in [2.45, 2.75) is 38.6 Å². The minimum absolute atomic E-state index is 0.